The van der Waals surface area contributed by atoms with Crippen LogP contribution in [0.3, 0.4) is 0 Å². The third-order valence-corrected chi connectivity index (χ3v) is 7.53. The molecule has 6 heterocycles. The fourth-order valence-electron chi connectivity index (χ4n) is 5.80. The van der Waals surface area contributed by atoms with E-state index in [1.165, 1.54) is 0 Å². The van der Waals surface area contributed by atoms with E-state index >= 15 is 0 Å². The molecule has 3 unspecified atom stereocenters. The monoisotopic (exact) mass is 490 g/mol. The van der Waals surface area contributed by atoms with Crippen LogP contribution in [0.1, 0.15) is 43.0 Å². The average Bonchev–Trinajstić information content (AvgIpc) is 3.12. The third-order valence-electron chi connectivity index (χ3n) is 7.53. The lowest BCUT2D eigenvalue weighted by molar-refractivity contribution is -0.118. The van der Waals surface area contributed by atoms with Gasteiger partial charge in [-0.3, -0.25) is 14.7 Å². The van der Waals surface area contributed by atoms with Gasteiger partial charge in [0.15, 0.2) is 18.2 Å². The third kappa shape index (κ3) is 4.47. The van der Waals surface area contributed by atoms with Gasteiger partial charge in [-0.1, -0.05) is 0 Å². The van der Waals surface area contributed by atoms with Crippen LogP contribution < -0.4 is 20.1 Å². The zero-order valence-electron chi connectivity index (χ0n) is 20.2. The Morgan fingerprint density at radius 2 is 2.03 bits per heavy atom. The number of rotatable bonds is 7. The first-order valence-corrected chi connectivity index (χ1v) is 12.5. The van der Waals surface area contributed by atoms with Gasteiger partial charge in [-0.05, 0) is 49.9 Å². The van der Waals surface area contributed by atoms with Crippen molar-refractivity contribution in [3.05, 3.63) is 47.8 Å². The number of nitrogens with zero attached hydrogens (tertiary/aromatic N) is 4. The van der Waals surface area contributed by atoms with E-state index in [1.54, 1.807) is 19.4 Å². The van der Waals surface area contributed by atoms with E-state index in [1.807, 2.05) is 24.3 Å². The molecule has 3 N–H and O–H groups in total. The number of anilines is 1. The van der Waals surface area contributed by atoms with Gasteiger partial charge in [-0.25, -0.2) is 9.97 Å². The van der Waals surface area contributed by atoms with E-state index in [2.05, 4.69) is 30.5 Å². The molecule has 2 saturated heterocycles. The number of aromatic nitrogens is 3. The highest BCUT2D eigenvalue weighted by molar-refractivity contribution is 5.94. The number of methoxy groups -OCH3 is 1. The van der Waals surface area contributed by atoms with Crippen LogP contribution in [0.5, 0.6) is 11.6 Å². The molecule has 2 fully saturated rings. The van der Waals surface area contributed by atoms with Crippen molar-refractivity contribution in [1.29, 1.82) is 0 Å². The number of carbonyl (C=O) groups excluding carboxylic acids is 1. The maximum Gasteiger partial charge on any atom is 0.263 e. The molecule has 2 bridgehead atoms. The fraction of sp³-hybridized carbons (Fsp3) is 0.462. The lowest BCUT2D eigenvalue weighted by Crippen LogP contribution is -2.50. The molecular weight excluding hydrogens is 460 g/mol. The van der Waals surface area contributed by atoms with E-state index in [-0.39, 0.29) is 12.5 Å². The van der Waals surface area contributed by atoms with Crippen molar-refractivity contribution >= 4 is 22.8 Å². The maximum absolute atomic E-state index is 11.6. The second-order valence-electron chi connectivity index (χ2n) is 9.75. The molecule has 6 rings (SSSR count). The van der Waals surface area contributed by atoms with Crippen LogP contribution in [0.2, 0.25) is 0 Å². The van der Waals surface area contributed by atoms with Gasteiger partial charge in [0.25, 0.3) is 5.91 Å². The minimum Gasteiger partial charge on any atom is -0.481 e. The Labute approximate surface area is 209 Å². The number of nitrogens with one attached hydrogen (secondary N) is 2. The van der Waals surface area contributed by atoms with E-state index in [0.717, 1.165) is 42.5 Å². The van der Waals surface area contributed by atoms with Gasteiger partial charge in [0.1, 0.15) is 0 Å². The summed E-state index contributed by atoms with van der Waals surface area (Å²) in [6, 6.07) is 10.5. The van der Waals surface area contributed by atoms with E-state index < -0.39 is 6.10 Å². The summed E-state index contributed by atoms with van der Waals surface area (Å²) in [5.41, 5.74) is 3.10. The molecule has 0 saturated carbocycles. The lowest BCUT2D eigenvalue weighted by Gasteiger charge is -2.40. The number of piperidine rings is 1. The van der Waals surface area contributed by atoms with Crippen molar-refractivity contribution in [1.82, 2.24) is 25.2 Å². The van der Waals surface area contributed by atoms with E-state index in [9.17, 15) is 9.90 Å². The number of hydrogen-bond donors (Lipinski definition) is 3. The number of hydrogen-bond acceptors (Lipinski definition) is 9. The molecule has 3 atom stereocenters. The van der Waals surface area contributed by atoms with Crippen LogP contribution in [-0.4, -0.2) is 69.3 Å². The number of ether oxygens (including phenoxy) is 2. The van der Waals surface area contributed by atoms with E-state index in [0.29, 0.717) is 54.2 Å². The number of amides is 1. The van der Waals surface area contributed by atoms with E-state index in [4.69, 9.17) is 9.47 Å². The Kier molecular flexibility index (Phi) is 6.16. The molecule has 0 aromatic carbocycles. The Morgan fingerprint density at radius 1 is 1.19 bits per heavy atom. The lowest BCUT2D eigenvalue weighted by atomic mass is 9.96. The fourth-order valence-corrected chi connectivity index (χ4v) is 5.80. The van der Waals surface area contributed by atoms with Crippen molar-refractivity contribution in [3.63, 3.8) is 0 Å². The summed E-state index contributed by atoms with van der Waals surface area (Å²) in [4.78, 5) is 27.5. The van der Waals surface area contributed by atoms with Crippen molar-refractivity contribution < 1.29 is 19.4 Å². The second-order valence-corrected chi connectivity index (χ2v) is 9.75. The molecular formula is C26H30N6O4. The van der Waals surface area contributed by atoms with Crippen molar-refractivity contribution in [2.24, 2.45) is 0 Å². The molecule has 188 valence electrons. The van der Waals surface area contributed by atoms with Gasteiger partial charge in [-0.2, -0.15) is 0 Å². The molecule has 10 heteroatoms. The average molecular weight is 491 g/mol. The zero-order valence-corrected chi connectivity index (χ0v) is 20.2. The first kappa shape index (κ1) is 23.1. The van der Waals surface area contributed by atoms with Crippen LogP contribution in [-0.2, 0) is 11.3 Å². The summed E-state index contributed by atoms with van der Waals surface area (Å²) in [6.07, 6.45) is 5.40. The molecule has 0 radical (unpaired) electrons. The van der Waals surface area contributed by atoms with Crippen molar-refractivity contribution in [3.8, 4) is 11.6 Å². The Morgan fingerprint density at radius 3 is 2.83 bits per heavy atom. The Hall–Kier alpha value is -3.34. The Bertz CT molecular complexity index is 1270. The van der Waals surface area contributed by atoms with Crippen LogP contribution >= 0.6 is 0 Å². The molecule has 0 aliphatic carbocycles. The standard InChI is InChI=1S/C26H30N6O4/c1-35-24-7-5-20-25(31-24)19(8-9-27-20)21(33)13-32-17-3-4-18(32)11-16(10-17)28-12-15-2-6-22-26(29-15)30-23(34)14-36-22/h2,5-9,16-18,21,28,33H,3-4,10-14H2,1H3,(H,29,30,34). The van der Waals surface area contributed by atoms with Crippen molar-refractivity contribution in [2.45, 2.75) is 56.5 Å². The number of aliphatic hydroxyl groups excluding tert-OH is 1. The normalized spacial score (nSPS) is 24.2. The van der Waals surface area contributed by atoms with Gasteiger partial charge in [0.05, 0.1) is 29.9 Å². The SMILES string of the molecule is COc1ccc2nccc(C(O)CN3C4CCC3CC(NCc3ccc5c(n3)NC(=O)CO5)C4)c2n1. The first-order valence-electron chi connectivity index (χ1n) is 12.5. The molecule has 0 spiro atoms. The predicted octanol–water partition coefficient (Wildman–Crippen LogP) is 2.18. The van der Waals surface area contributed by atoms with Gasteiger partial charge in [-0.15, -0.1) is 0 Å². The smallest absolute Gasteiger partial charge is 0.263 e. The van der Waals surface area contributed by atoms with Crippen LogP contribution in [0, 0.1) is 0 Å². The molecule has 36 heavy (non-hydrogen) atoms. The highest BCUT2D eigenvalue weighted by Gasteiger charge is 2.41. The quantitative estimate of drug-likeness (QED) is 0.457. The summed E-state index contributed by atoms with van der Waals surface area (Å²) in [6.45, 7) is 1.24. The first-order chi connectivity index (χ1) is 17.6. The van der Waals surface area contributed by atoms with Gasteiger partial charge in [0.2, 0.25) is 5.88 Å². The molecule has 3 aromatic heterocycles. The number of aliphatic hydroxyl groups is 1. The largest absolute Gasteiger partial charge is 0.481 e. The minimum atomic E-state index is -0.653. The molecule has 3 aromatic rings. The van der Waals surface area contributed by atoms with Gasteiger partial charge in [0, 0.05) is 49.0 Å². The number of carbonyl (C=O) groups is 1. The summed E-state index contributed by atoms with van der Waals surface area (Å²) in [5, 5.41) is 17.6. The summed E-state index contributed by atoms with van der Waals surface area (Å²) in [7, 11) is 1.59. The highest BCUT2D eigenvalue weighted by atomic mass is 16.5. The van der Waals surface area contributed by atoms with Crippen molar-refractivity contribution in [2.75, 3.05) is 25.6 Å². The highest BCUT2D eigenvalue weighted by Crippen LogP contribution is 2.38. The summed E-state index contributed by atoms with van der Waals surface area (Å²) in [5.74, 6) is 1.43. The second kappa shape index (κ2) is 9.61. The zero-order chi connectivity index (χ0) is 24.6. The topological polar surface area (TPSA) is 122 Å². The molecule has 10 nitrogen and oxygen atoms in total. The van der Waals surface area contributed by atoms with Gasteiger partial charge < -0.3 is 25.2 Å². The minimum absolute atomic E-state index is 0.0322. The molecule has 1 amide bonds. The number of fused-ring (bicyclic) bond motifs is 4. The van der Waals surface area contributed by atoms with Crippen LogP contribution in [0.15, 0.2) is 36.5 Å². The van der Waals surface area contributed by atoms with Crippen LogP contribution in [0.25, 0.3) is 11.0 Å². The van der Waals surface area contributed by atoms with Gasteiger partial charge >= 0.3 is 0 Å². The summed E-state index contributed by atoms with van der Waals surface area (Å²) < 4.78 is 10.7. The summed E-state index contributed by atoms with van der Waals surface area (Å²) >= 11 is 0. The Balaban J connectivity index is 1.09. The predicted molar refractivity (Wildman–Crippen MR) is 133 cm³/mol. The molecule has 3 aliphatic rings. The molecule has 3 aliphatic heterocycles. The maximum atomic E-state index is 11.6. The number of pyridine rings is 3. The van der Waals surface area contributed by atoms with Crippen LogP contribution in [0.4, 0.5) is 5.82 Å².